The van der Waals surface area contributed by atoms with Gasteiger partial charge in [-0.3, -0.25) is 0 Å². The van der Waals surface area contributed by atoms with Crippen molar-refractivity contribution in [2.24, 2.45) is 0 Å². The summed E-state index contributed by atoms with van der Waals surface area (Å²) in [5.41, 5.74) is 2.58. The van der Waals surface area contributed by atoms with Crippen molar-refractivity contribution in [1.29, 1.82) is 0 Å². The summed E-state index contributed by atoms with van der Waals surface area (Å²) in [6.45, 7) is 12.2. The molecule has 6 nitrogen and oxygen atoms in total. The van der Waals surface area contributed by atoms with Crippen LogP contribution in [0.4, 0.5) is 5.82 Å². The molecule has 0 N–H and O–H groups in total. The molecule has 0 amide bonds. The molecule has 140 valence electrons. The third-order valence-corrected chi connectivity index (χ3v) is 5.03. The molecule has 0 spiro atoms. The van der Waals surface area contributed by atoms with Gasteiger partial charge < -0.3 is 19.3 Å². The maximum Gasteiger partial charge on any atom is 0.156 e. The second kappa shape index (κ2) is 9.46. The van der Waals surface area contributed by atoms with Crippen LogP contribution in [-0.4, -0.2) is 67.4 Å². The quantitative estimate of drug-likeness (QED) is 0.752. The highest BCUT2D eigenvalue weighted by molar-refractivity contribution is 5.50. The van der Waals surface area contributed by atoms with Gasteiger partial charge in [-0.25, -0.2) is 9.97 Å². The summed E-state index contributed by atoms with van der Waals surface area (Å²) in [5, 5.41) is 0. The van der Waals surface area contributed by atoms with Crippen LogP contribution in [0.1, 0.15) is 43.8 Å². The lowest BCUT2D eigenvalue weighted by Gasteiger charge is -2.30. The van der Waals surface area contributed by atoms with Crippen molar-refractivity contribution in [2.75, 3.05) is 57.4 Å². The first-order valence-electron chi connectivity index (χ1n) is 9.83. The van der Waals surface area contributed by atoms with Crippen molar-refractivity contribution < 1.29 is 9.47 Å². The topological polar surface area (TPSA) is 50.7 Å². The molecule has 1 saturated heterocycles. The van der Waals surface area contributed by atoms with E-state index in [1.54, 1.807) is 0 Å². The third-order valence-electron chi connectivity index (χ3n) is 5.03. The number of hydrogen-bond donors (Lipinski definition) is 0. The maximum absolute atomic E-state index is 5.58. The van der Waals surface area contributed by atoms with Gasteiger partial charge in [-0.15, -0.1) is 0 Å². The number of anilines is 1. The van der Waals surface area contributed by atoms with Gasteiger partial charge in [0.05, 0.1) is 18.9 Å². The number of fused-ring (bicyclic) bond motifs is 1. The normalized spacial score (nSPS) is 18.9. The minimum atomic E-state index is 0.501. The summed E-state index contributed by atoms with van der Waals surface area (Å²) in [5.74, 6) is 1.95. The Balaban J connectivity index is 1.83. The molecule has 0 radical (unpaired) electrons. The van der Waals surface area contributed by atoms with E-state index < -0.39 is 0 Å². The number of nitrogens with zero attached hydrogens (tertiary/aromatic N) is 4. The molecule has 1 aromatic heterocycles. The Kier molecular flexibility index (Phi) is 7.02. The van der Waals surface area contributed by atoms with Crippen molar-refractivity contribution >= 4 is 5.82 Å². The molecule has 25 heavy (non-hydrogen) atoms. The Morgan fingerprint density at radius 2 is 1.84 bits per heavy atom. The monoisotopic (exact) mass is 348 g/mol. The lowest BCUT2D eigenvalue weighted by atomic mass is 10.1. The van der Waals surface area contributed by atoms with E-state index in [1.807, 2.05) is 6.92 Å². The van der Waals surface area contributed by atoms with Crippen LogP contribution >= 0.6 is 0 Å². The van der Waals surface area contributed by atoms with E-state index in [0.29, 0.717) is 13.2 Å². The number of aromatic nitrogens is 2. The highest BCUT2D eigenvalue weighted by atomic mass is 16.5. The van der Waals surface area contributed by atoms with Crippen molar-refractivity contribution in [3.63, 3.8) is 0 Å². The Hall–Kier alpha value is -1.24. The van der Waals surface area contributed by atoms with Crippen molar-refractivity contribution in [2.45, 2.75) is 46.1 Å². The first-order chi connectivity index (χ1) is 12.3. The molecule has 0 atom stereocenters. The number of hydrogen-bond acceptors (Lipinski definition) is 6. The van der Waals surface area contributed by atoms with Crippen LogP contribution in [-0.2, 0) is 28.9 Å². The number of morpholine rings is 1. The molecule has 0 aromatic carbocycles. The van der Waals surface area contributed by atoms with Gasteiger partial charge in [0.25, 0.3) is 0 Å². The van der Waals surface area contributed by atoms with E-state index in [1.165, 1.54) is 30.6 Å². The van der Waals surface area contributed by atoms with Crippen LogP contribution in [0.25, 0.3) is 0 Å². The highest BCUT2D eigenvalue weighted by Gasteiger charge is 2.24. The fraction of sp³-hybridized carbons (Fsp3) is 0.789. The van der Waals surface area contributed by atoms with Crippen molar-refractivity contribution in [3.8, 4) is 0 Å². The summed E-state index contributed by atoms with van der Waals surface area (Å²) in [4.78, 5) is 14.7. The van der Waals surface area contributed by atoms with Gasteiger partial charge in [0.2, 0.25) is 0 Å². The fourth-order valence-corrected chi connectivity index (χ4v) is 3.58. The number of ether oxygens (including phenoxy) is 2. The molecular weight excluding hydrogens is 316 g/mol. The molecule has 0 unspecified atom stereocenters. The Morgan fingerprint density at radius 3 is 2.60 bits per heavy atom. The zero-order chi connectivity index (χ0) is 17.5. The molecule has 2 aliphatic rings. The van der Waals surface area contributed by atoms with Gasteiger partial charge in [-0.2, -0.15) is 0 Å². The van der Waals surface area contributed by atoms with Gasteiger partial charge in [-0.05, 0) is 26.3 Å². The van der Waals surface area contributed by atoms with Crippen LogP contribution in [0.15, 0.2) is 0 Å². The smallest absolute Gasteiger partial charge is 0.156 e. The molecule has 3 rings (SSSR count). The average Bonchev–Trinajstić information content (AvgIpc) is 2.87. The van der Waals surface area contributed by atoms with Crippen LogP contribution in [0.5, 0.6) is 0 Å². The van der Waals surface area contributed by atoms with E-state index >= 15 is 0 Å². The Labute approximate surface area is 151 Å². The largest absolute Gasteiger partial charge is 0.378 e. The van der Waals surface area contributed by atoms with Crippen LogP contribution < -0.4 is 4.90 Å². The van der Waals surface area contributed by atoms with E-state index in [-0.39, 0.29) is 0 Å². The maximum atomic E-state index is 5.58. The molecular formula is C19H32N4O2. The van der Waals surface area contributed by atoms with E-state index in [2.05, 4.69) is 16.7 Å². The molecule has 0 bridgehead atoms. The standard InChI is InChI=1S/C19H32N4O2/c1-3-5-8-22-9-6-16-17(7-10-22)20-18(15-24-4-2)21-19(16)23-11-13-25-14-12-23/h3-15H2,1-2H3. The summed E-state index contributed by atoms with van der Waals surface area (Å²) in [6.07, 6.45) is 4.58. The first kappa shape index (κ1) is 18.5. The molecule has 1 fully saturated rings. The Morgan fingerprint density at radius 1 is 1.04 bits per heavy atom. The Bertz CT molecular complexity index is 546. The summed E-state index contributed by atoms with van der Waals surface area (Å²) >= 11 is 0. The number of rotatable bonds is 7. The zero-order valence-electron chi connectivity index (χ0n) is 15.8. The van der Waals surface area contributed by atoms with Gasteiger partial charge in [0, 0.05) is 44.8 Å². The minimum Gasteiger partial charge on any atom is -0.378 e. The van der Waals surface area contributed by atoms with Crippen LogP contribution in [0.2, 0.25) is 0 Å². The zero-order valence-corrected chi connectivity index (χ0v) is 15.8. The predicted octanol–water partition coefficient (Wildman–Crippen LogP) is 2.05. The molecule has 3 heterocycles. The molecule has 0 saturated carbocycles. The SMILES string of the molecule is CCCCN1CCc2nc(COCC)nc(N3CCOCC3)c2CC1. The average molecular weight is 348 g/mol. The molecule has 1 aromatic rings. The predicted molar refractivity (Wildman–Crippen MR) is 99.2 cm³/mol. The molecule has 2 aliphatic heterocycles. The van der Waals surface area contributed by atoms with Gasteiger partial charge in [0.15, 0.2) is 5.82 Å². The minimum absolute atomic E-state index is 0.501. The number of unbranched alkanes of at least 4 members (excludes halogenated alkanes) is 1. The lowest BCUT2D eigenvalue weighted by molar-refractivity contribution is 0.121. The van der Waals surface area contributed by atoms with E-state index in [4.69, 9.17) is 19.4 Å². The van der Waals surface area contributed by atoms with Gasteiger partial charge in [-0.1, -0.05) is 13.3 Å². The fourth-order valence-electron chi connectivity index (χ4n) is 3.58. The molecule has 6 heteroatoms. The lowest BCUT2D eigenvalue weighted by Crippen LogP contribution is -2.38. The van der Waals surface area contributed by atoms with Gasteiger partial charge >= 0.3 is 0 Å². The van der Waals surface area contributed by atoms with Crippen LogP contribution in [0.3, 0.4) is 0 Å². The molecule has 0 aliphatic carbocycles. The van der Waals surface area contributed by atoms with Crippen molar-refractivity contribution in [3.05, 3.63) is 17.1 Å². The highest BCUT2D eigenvalue weighted by Crippen LogP contribution is 2.26. The summed E-state index contributed by atoms with van der Waals surface area (Å²) in [6, 6.07) is 0. The van der Waals surface area contributed by atoms with Crippen LogP contribution in [0, 0.1) is 0 Å². The second-order valence-corrected chi connectivity index (χ2v) is 6.82. The summed E-state index contributed by atoms with van der Waals surface area (Å²) in [7, 11) is 0. The summed E-state index contributed by atoms with van der Waals surface area (Å²) < 4.78 is 11.1. The van der Waals surface area contributed by atoms with E-state index in [0.717, 1.165) is 63.9 Å². The second-order valence-electron chi connectivity index (χ2n) is 6.82. The first-order valence-corrected chi connectivity index (χ1v) is 9.83. The van der Waals surface area contributed by atoms with Crippen molar-refractivity contribution in [1.82, 2.24) is 14.9 Å². The van der Waals surface area contributed by atoms with E-state index in [9.17, 15) is 0 Å². The third kappa shape index (κ3) is 4.90. The van der Waals surface area contributed by atoms with Gasteiger partial charge in [0.1, 0.15) is 12.4 Å².